The molecule has 0 aliphatic heterocycles. The molecule has 27 heavy (non-hydrogen) atoms. The van der Waals surface area contributed by atoms with E-state index in [4.69, 9.17) is 0 Å². The van der Waals surface area contributed by atoms with Crippen LogP contribution in [0.15, 0.2) is 53.4 Å². The lowest BCUT2D eigenvalue weighted by molar-refractivity contribution is -0.137. The number of hydrogen-bond acceptors (Lipinski definition) is 3. The fourth-order valence-electron chi connectivity index (χ4n) is 2.21. The minimum Gasteiger partial charge on any atom is -0.352 e. The maximum atomic E-state index is 12.8. The second-order valence-electron chi connectivity index (χ2n) is 6.28. The zero-order valence-corrected chi connectivity index (χ0v) is 15.5. The molecule has 1 amide bonds. The fourth-order valence-corrected chi connectivity index (χ4v) is 3.33. The van der Waals surface area contributed by atoms with Gasteiger partial charge in [0.25, 0.3) is 15.9 Å². The van der Waals surface area contributed by atoms with E-state index < -0.39 is 32.6 Å². The van der Waals surface area contributed by atoms with Gasteiger partial charge in [0, 0.05) is 6.54 Å². The molecular formula is C18H19F3N2O3S. The van der Waals surface area contributed by atoms with Gasteiger partial charge in [0.2, 0.25) is 0 Å². The van der Waals surface area contributed by atoms with Gasteiger partial charge in [0.1, 0.15) is 0 Å². The molecule has 0 bridgehead atoms. The Labute approximate surface area is 155 Å². The summed E-state index contributed by atoms with van der Waals surface area (Å²) in [7, 11) is -4.31. The molecule has 0 fully saturated rings. The van der Waals surface area contributed by atoms with Crippen molar-refractivity contribution in [3.63, 3.8) is 0 Å². The van der Waals surface area contributed by atoms with Crippen molar-refractivity contribution in [1.29, 1.82) is 0 Å². The van der Waals surface area contributed by atoms with Crippen LogP contribution in [0.3, 0.4) is 0 Å². The maximum Gasteiger partial charge on any atom is 0.416 e. The summed E-state index contributed by atoms with van der Waals surface area (Å²) in [6.45, 7) is 4.21. The van der Waals surface area contributed by atoms with Gasteiger partial charge in [-0.3, -0.25) is 9.52 Å². The molecule has 146 valence electrons. The van der Waals surface area contributed by atoms with Crippen LogP contribution in [0.25, 0.3) is 0 Å². The quantitative estimate of drug-likeness (QED) is 0.773. The Balaban J connectivity index is 2.33. The number of amides is 1. The van der Waals surface area contributed by atoms with Gasteiger partial charge in [0.05, 0.1) is 21.7 Å². The first-order valence-corrected chi connectivity index (χ1v) is 9.56. The average Bonchev–Trinajstić information content (AvgIpc) is 2.59. The molecule has 2 aromatic rings. The van der Waals surface area contributed by atoms with E-state index in [2.05, 4.69) is 10.0 Å². The summed E-state index contributed by atoms with van der Waals surface area (Å²) >= 11 is 0. The minimum atomic E-state index is -4.67. The molecule has 0 aromatic heterocycles. The Bertz CT molecular complexity index is 925. The van der Waals surface area contributed by atoms with Gasteiger partial charge >= 0.3 is 6.18 Å². The van der Waals surface area contributed by atoms with Crippen molar-refractivity contribution in [3.05, 3.63) is 59.7 Å². The smallest absolute Gasteiger partial charge is 0.352 e. The van der Waals surface area contributed by atoms with E-state index in [1.807, 2.05) is 13.8 Å². The van der Waals surface area contributed by atoms with Crippen molar-refractivity contribution < 1.29 is 26.4 Å². The molecule has 0 unspecified atom stereocenters. The standard InChI is InChI=1S/C18H19F3N2O3S/c1-12(2)11-22-17(24)15-8-3-4-9-16(15)23-27(25,26)14-7-5-6-13(10-14)18(19,20)21/h3-10,12,23H,11H2,1-2H3,(H,22,24). The summed E-state index contributed by atoms with van der Waals surface area (Å²) in [4.78, 5) is 11.7. The Morgan fingerprint density at radius 3 is 2.37 bits per heavy atom. The van der Waals surface area contributed by atoms with Crippen molar-refractivity contribution in [2.45, 2.75) is 24.9 Å². The molecule has 0 aliphatic carbocycles. The molecule has 0 saturated heterocycles. The predicted molar refractivity (Wildman–Crippen MR) is 95.9 cm³/mol. The molecule has 0 heterocycles. The van der Waals surface area contributed by atoms with Crippen LogP contribution in [0.1, 0.15) is 29.8 Å². The van der Waals surface area contributed by atoms with Gasteiger partial charge in [-0.25, -0.2) is 8.42 Å². The maximum absolute atomic E-state index is 12.8. The van der Waals surface area contributed by atoms with Crippen molar-refractivity contribution >= 4 is 21.6 Å². The van der Waals surface area contributed by atoms with Crippen LogP contribution in [-0.4, -0.2) is 20.9 Å². The number of sulfonamides is 1. The zero-order valence-electron chi connectivity index (χ0n) is 14.7. The summed E-state index contributed by atoms with van der Waals surface area (Å²) in [6, 6.07) is 9.28. The normalized spacial score (nSPS) is 12.1. The highest BCUT2D eigenvalue weighted by Gasteiger charge is 2.31. The van der Waals surface area contributed by atoms with Crippen molar-refractivity contribution in [3.8, 4) is 0 Å². The van der Waals surface area contributed by atoms with Crippen LogP contribution in [-0.2, 0) is 16.2 Å². The first-order valence-electron chi connectivity index (χ1n) is 8.08. The molecule has 0 aliphatic rings. The minimum absolute atomic E-state index is 0.0174. The highest BCUT2D eigenvalue weighted by molar-refractivity contribution is 7.92. The number of benzene rings is 2. The number of alkyl halides is 3. The molecule has 0 radical (unpaired) electrons. The van der Waals surface area contributed by atoms with Crippen LogP contribution in [0, 0.1) is 5.92 Å². The number of nitrogens with one attached hydrogen (secondary N) is 2. The first kappa shape index (κ1) is 20.8. The third-order valence-electron chi connectivity index (χ3n) is 3.56. The van der Waals surface area contributed by atoms with Gasteiger partial charge in [-0.1, -0.05) is 32.0 Å². The monoisotopic (exact) mass is 400 g/mol. The van der Waals surface area contributed by atoms with E-state index in [-0.39, 0.29) is 17.2 Å². The van der Waals surface area contributed by atoms with Gasteiger partial charge in [-0.15, -0.1) is 0 Å². The number of anilines is 1. The number of carbonyl (C=O) groups is 1. The van der Waals surface area contributed by atoms with Crippen molar-refractivity contribution in [2.24, 2.45) is 5.92 Å². The van der Waals surface area contributed by atoms with E-state index >= 15 is 0 Å². The molecule has 5 nitrogen and oxygen atoms in total. The highest BCUT2D eigenvalue weighted by Crippen LogP contribution is 2.31. The first-order chi connectivity index (χ1) is 12.5. The zero-order chi connectivity index (χ0) is 20.2. The SMILES string of the molecule is CC(C)CNC(=O)c1ccccc1NS(=O)(=O)c1cccc(C(F)(F)F)c1. The molecule has 9 heteroatoms. The molecule has 2 N–H and O–H groups in total. The Morgan fingerprint density at radius 2 is 1.74 bits per heavy atom. The molecule has 2 rings (SSSR count). The lowest BCUT2D eigenvalue weighted by Crippen LogP contribution is -2.28. The topological polar surface area (TPSA) is 75.3 Å². The fraction of sp³-hybridized carbons (Fsp3) is 0.278. The highest BCUT2D eigenvalue weighted by atomic mass is 32.2. The van der Waals surface area contributed by atoms with Gasteiger partial charge in [0.15, 0.2) is 0 Å². The summed E-state index contributed by atoms with van der Waals surface area (Å²) < 4.78 is 65.7. The summed E-state index contributed by atoms with van der Waals surface area (Å²) in [6.07, 6.45) is -4.67. The number of carbonyl (C=O) groups excluding carboxylic acids is 1. The lowest BCUT2D eigenvalue weighted by Gasteiger charge is -2.14. The molecular weight excluding hydrogens is 381 g/mol. The van der Waals surface area contributed by atoms with Crippen LogP contribution < -0.4 is 10.0 Å². The van der Waals surface area contributed by atoms with Gasteiger partial charge < -0.3 is 5.32 Å². The second-order valence-corrected chi connectivity index (χ2v) is 7.96. The largest absolute Gasteiger partial charge is 0.416 e. The summed E-state index contributed by atoms with van der Waals surface area (Å²) in [5.74, 6) is -0.283. The average molecular weight is 400 g/mol. The van der Waals surface area contributed by atoms with Crippen molar-refractivity contribution in [1.82, 2.24) is 5.32 Å². The van der Waals surface area contributed by atoms with E-state index in [9.17, 15) is 26.4 Å². The van der Waals surface area contributed by atoms with Crippen LogP contribution in [0.5, 0.6) is 0 Å². The molecule has 0 atom stereocenters. The van der Waals surface area contributed by atoms with Gasteiger partial charge in [-0.2, -0.15) is 13.2 Å². The molecule has 2 aromatic carbocycles. The van der Waals surface area contributed by atoms with Gasteiger partial charge in [-0.05, 0) is 36.2 Å². The predicted octanol–water partition coefficient (Wildman–Crippen LogP) is 3.89. The van der Waals surface area contributed by atoms with Crippen LogP contribution in [0.4, 0.5) is 18.9 Å². The number of halogens is 3. The Kier molecular flexibility index (Phi) is 6.15. The van der Waals surface area contributed by atoms with E-state index in [0.29, 0.717) is 12.6 Å². The van der Waals surface area contributed by atoms with E-state index in [0.717, 1.165) is 18.2 Å². The lowest BCUT2D eigenvalue weighted by atomic mass is 10.1. The van der Waals surface area contributed by atoms with Crippen LogP contribution >= 0.6 is 0 Å². The van der Waals surface area contributed by atoms with E-state index in [1.165, 1.54) is 18.2 Å². The second kappa shape index (κ2) is 7.99. The van der Waals surface area contributed by atoms with Crippen molar-refractivity contribution in [2.75, 3.05) is 11.3 Å². The third kappa shape index (κ3) is 5.46. The Morgan fingerprint density at radius 1 is 1.07 bits per heavy atom. The molecule has 0 saturated carbocycles. The van der Waals surface area contributed by atoms with E-state index in [1.54, 1.807) is 6.07 Å². The Hall–Kier alpha value is -2.55. The van der Waals surface area contributed by atoms with Crippen LogP contribution in [0.2, 0.25) is 0 Å². The summed E-state index contributed by atoms with van der Waals surface area (Å²) in [5.41, 5.74) is -1.02. The molecule has 0 spiro atoms. The number of hydrogen-bond donors (Lipinski definition) is 2. The summed E-state index contributed by atoms with van der Waals surface area (Å²) in [5, 5.41) is 2.67. The number of para-hydroxylation sites is 1. The number of rotatable bonds is 6. The third-order valence-corrected chi connectivity index (χ3v) is 4.92.